The largest absolute Gasteiger partial charge is 0.373 e. The number of nitrogens with one attached hydrogen (secondary N) is 2. The summed E-state index contributed by atoms with van der Waals surface area (Å²) in [7, 11) is 3.94. The Balaban J connectivity index is 1.62. The third-order valence-corrected chi connectivity index (χ3v) is 4.28. The second-order valence-corrected chi connectivity index (χ2v) is 5.97. The molecule has 0 unspecified atom stereocenters. The molecule has 0 spiro atoms. The Morgan fingerprint density at radius 1 is 1.04 bits per heavy atom. The first-order valence-corrected chi connectivity index (χ1v) is 8.14. The lowest BCUT2D eigenvalue weighted by molar-refractivity contribution is 0.102. The average Bonchev–Trinajstić information content (AvgIpc) is 2.63. The van der Waals surface area contributed by atoms with E-state index in [2.05, 4.69) is 44.6 Å². The SMILES string of the molecule is CNc1ccc(C(=O)Nc2ccc(N3CCN(C)CC3)cc2)cn1. The van der Waals surface area contributed by atoms with E-state index in [0.29, 0.717) is 5.56 Å². The number of pyridine rings is 1. The van der Waals surface area contributed by atoms with Crippen LogP contribution >= 0.6 is 0 Å². The summed E-state index contributed by atoms with van der Waals surface area (Å²) >= 11 is 0. The van der Waals surface area contributed by atoms with Crippen molar-refractivity contribution in [2.45, 2.75) is 0 Å². The summed E-state index contributed by atoms with van der Waals surface area (Å²) in [5.41, 5.74) is 2.52. The van der Waals surface area contributed by atoms with Crippen LogP contribution < -0.4 is 15.5 Å². The van der Waals surface area contributed by atoms with Crippen LogP contribution in [0.1, 0.15) is 10.4 Å². The summed E-state index contributed by atoms with van der Waals surface area (Å²) in [6.45, 7) is 4.22. The Morgan fingerprint density at radius 2 is 1.75 bits per heavy atom. The van der Waals surface area contributed by atoms with E-state index in [-0.39, 0.29) is 5.91 Å². The van der Waals surface area contributed by atoms with Crippen LogP contribution in [0.2, 0.25) is 0 Å². The van der Waals surface area contributed by atoms with Gasteiger partial charge in [0.05, 0.1) is 5.56 Å². The fourth-order valence-electron chi connectivity index (χ4n) is 2.70. The van der Waals surface area contributed by atoms with Gasteiger partial charge in [-0.05, 0) is 43.4 Å². The summed E-state index contributed by atoms with van der Waals surface area (Å²) in [6, 6.07) is 11.5. The van der Waals surface area contributed by atoms with Gasteiger partial charge in [0.15, 0.2) is 0 Å². The maximum Gasteiger partial charge on any atom is 0.257 e. The molecule has 1 aliphatic heterocycles. The molecule has 6 heteroatoms. The van der Waals surface area contributed by atoms with Gasteiger partial charge in [-0.1, -0.05) is 0 Å². The molecule has 0 saturated carbocycles. The third-order valence-electron chi connectivity index (χ3n) is 4.28. The molecule has 2 N–H and O–H groups in total. The van der Waals surface area contributed by atoms with Crippen LogP contribution in [0.5, 0.6) is 0 Å². The van der Waals surface area contributed by atoms with Gasteiger partial charge >= 0.3 is 0 Å². The molecule has 6 nitrogen and oxygen atoms in total. The minimum absolute atomic E-state index is 0.155. The van der Waals surface area contributed by atoms with Gasteiger partial charge in [-0.2, -0.15) is 0 Å². The van der Waals surface area contributed by atoms with Crippen molar-refractivity contribution < 1.29 is 4.79 Å². The summed E-state index contributed by atoms with van der Waals surface area (Å²) in [4.78, 5) is 21.1. The number of anilines is 3. The van der Waals surface area contributed by atoms with Gasteiger partial charge in [0, 0.05) is 50.8 Å². The van der Waals surface area contributed by atoms with Crippen LogP contribution in [-0.4, -0.2) is 56.1 Å². The van der Waals surface area contributed by atoms with Crippen LogP contribution in [0, 0.1) is 0 Å². The lowest BCUT2D eigenvalue weighted by Crippen LogP contribution is -2.44. The molecular formula is C18H23N5O. The quantitative estimate of drug-likeness (QED) is 0.902. The van der Waals surface area contributed by atoms with Gasteiger partial charge in [-0.3, -0.25) is 4.79 Å². The van der Waals surface area contributed by atoms with E-state index >= 15 is 0 Å². The molecule has 1 aromatic carbocycles. The number of hydrogen-bond donors (Lipinski definition) is 2. The fourth-order valence-corrected chi connectivity index (χ4v) is 2.70. The highest BCUT2D eigenvalue weighted by molar-refractivity contribution is 6.04. The number of benzene rings is 1. The van der Waals surface area contributed by atoms with Gasteiger partial charge in [-0.15, -0.1) is 0 Å². The zero-order valence-electron chi connectivity index (χ0n) is 14.1. The first-order chi connectivity index (χ1) is 11.7. The van der Waals surface area contributed by atoms with Crippen molar-refractivity contribution in [3.63, 3.8) is 0 Å². The summed E-state index contributed by atoms with van der Waals surface area (Å²) in [6.07, 6.45) is 1.57. The van der Waals surface area contributed by atoms with Crippen LogP contribution in [0.4, 0.5) is 17.2 Å². The molecule has 1 aliphatic rings. The maximum absolute atomic E-state index is 12.2. The number of amides is 1. The van der Waals surface area contributed by atoms with E-state index in [1.807, 2.05) is 12.1 Å². The van der Waals surface area contributed by atoms with E-state index in [4.69, 9.17) is 0 Å². The monoisotopic (exact) mass is 325 g/mol. The summed E-state index contributed by atoms with van der Waals surface area (Å²) in [5.74, 6) is 0.584. The van der Waals surface area contributed by atoms with E-state index in [1.54, 1.807) is 25.4 Å². The van der Waals surface area contributed by atoms with E-state index in [0.717, 1.165) is 37.7 Å². The molecule has 0 radical (unpaired) electrons. The predicted octanol–water partition coefficient (Wildman–Crippen LogP) is 2.13. The number of aromatic nitrogens is 1. The summed E-state index contributed by atoms with van der Waals surface area (Å²) < 4.78 is 0. The molecule has 0 atom stereocenters. The number of nitrogens with zero attached hydrogens (tertiary/aromatic N) is 3. The van der Waals surface area contributed by atoms with Gasteiger partial charge in [-0.25, -0.2) is 4.98 Å². The predicted molar refractivity (Wildman–Crippen MR) is 97.9 cm³/mol. The zero-order valence-corrected chi connectivity index (χ0v) is 14.1. The van der Waals surface area contributed by atoms with E-state index in [9.17, 15) is 4.79 Å². The number of carbonyl (C=O) groups excluding carboxylic acids is 1. The molecule has 3 rings (SSSR count). The highest BCUT2D eigenvalue weighted by Gasteiger charge is 2.14. The van der Waals surface area contributed by atoms with Crippen molar-refractivity contribution in [3.8, 4) is 0 Å². The number of rotatable bonds is 4. The third kappa shape index (κ3) is 3.83. The van der Waals surface area contributed by atoms with Crippen molar-refractivity contribution in [2.75, 3.05) is 55.8 Å². The Labute approximate surface area is 142 Å². The number of carbonyl (C=O) groups is 1. The van der Waals surface area contributed by atoms with Crippen molar-refractivity contribution in [2.24, 2.45) is 0 Å². The summed E-state index contributed by atoms with van der Waals surface area (Å²) in [5, 5.41) is 5.84. The van der Waals surface area contributed by atoms with Gasteiger partial charge in [0.1, 0.15) is 5.82 Å². The Kier molecular flexibility index (Phi) is 4.96. The van der Waals surface area contributed by atoms with Gasteiger partial charge in [0.2, 0.25) is 0 Å². The van der Waals surface area contributed by atoms with E-state index in [1.165, 1.54) is 5.69 Å². The lowest BCUT2D eigenvalue weighted by Gasteiger charge is -2.34. The first-order valence-electron chi connectivity index (χ1n) is 8.14. The normalized spacial score (nSPS) is 15.2. The zero-order chi connectivity index (χ0) is 16.9. The molecule has 0 bridgehead atoms. The minimum atomic E-state index is -0.155. The van der Waals surface area contributed by atoms with E-state index < -0.39 is 0 Å². The molecular weight excluding hydrogens is 302 g/mol. The molecule has 2 heterocycles. The Bertz CT molecular complexity index is 676. The molecule has 126 valence electrons. The highest BCUT2D eigenvalue weighted by atomic mass is 16.1. The topological polar surface area (TPSA) is 60.5 Å². The molecule has 1 aromatic heterocycles. The van der Waals surface area contributed by atoms with Crippen LogP contribution in [-0.2, 0) is 0 Å². The van der Waals surface area contributed by atoms with Gasteiger partial charge in [0.25, 0.3) is 5.91 Å². The van der Waals surface area contributed by atoms with Crippen LogP contribution in [0.15, 0.2) is 42.6 Å². The smallest absolute Gasteiger partial charge is 0.257 e. The van der Waals surface area contributed by atoms with Crippen molar-refractivity contribution >= 4 is 23.1 Å². The second-order valence-electron chi connectivity index (χ2n) is 5.97. The number of piperazine rings is 1. The molecule has 1 amide bonds. The van der Waals surface area contributed by atoms with Crippen LogP contribution in [0.3, 0.4) is 0 Å². The molecule has 24 heavy (non-hydrogen) atoms. The molecule has 0 aliphatic carbocycles. The van der Waals surface area contributed by atoms with Gasteiger partial charge < -0.3 is 20.4 Å². The molecule has 1 saturated heterocycles. The van der Waals surface area contributed by atoms with Crippen LogP contribution in [0.25, 0.3) is 0 Å². The van der Waals surface area contributed by atoms with Crippen molar-refractivity contribution in [1.29, 1.82) is 0 Å². The van der Waals surface area contributed by atoms with Crippen molar-refractivity contribution in [3.05, 3.63) is 48.2 Å². The first kappa shape index (κ1) is 16.3. The average molecular weight is 325 g/mol. The minimum Gasteiger partial charge on any atom is -0.373 e. The highest BCUT2D eigenvalue weighted by Crippen LogP contribution is 2.19. The Hall–Kier alpha value is -2.60. The second kappa shape index (κ2) is 7.31. The number of hydrogen-bond acceptors (Lipinski definition) is 5. The molecule has 1 fully saturated rings. The molecule has 2 aromatic rings. The lowest BCUT2D eigenvalue weighted by atomic mass is 10.2. The Morgan fingerprint density at radius 3 is 2.33 bits per heavy atom. The maximum atomic E-state index is 12.2. The van der Waals surface area contributed by atoms with Crippen molar-refractivity contribution in [1.82, 2.24) is 9.88 Å². The standard InChI is InChI=1S/C18H23N5O/c1-19-17-8-3-14(13-20-17)18(24)21-15-4-6-16(7-5-15)23-11-9-22(2)10-12-23/h3-8,13H,9-12H2,1-2H3,(H,19,20)(H,21,24). The fraction of sp³-hybridized carbons (Fsp3) is 0.333. The number of likely N-dealkylation sites (N-methyl/N-ethyl adjacent to an activating group) is 1.